The molecule has 0 aliphatic rings. The van der Waals surface area contributed by atoms with Gasteiger partial charge in [0.05, 0.1) is 36.0 Å². The van der Waals surface area contributed by atoms with Crippen LogP contribution in [-0.2, 0) is 6.18 Å². The highest BCUT2D eigenvalue weighted by molar-refractivity contribution is 6.06. The molecule has 0 aliphatic carbocycles. The molecule has 0 atom stereocenters. The quantitative estimate of drug-likeness (QED) is 0.275. The zero-order chi connectivity index (χ0) is 25.0. The monoisotopic (exact) mass is 482 g/mol. The summed E-state index contributed by atoms with van der Waals surface area (Å²) >= 11 is 0. The second kappa shape index (κ2) is 9.77. The van der Waals surface area contributed by atoms with Gasteiger partial charge in [0, 0.05) is 6.07 Å². The summed E-state index contributed by atoms with van der Waals surface area (Å²) in [5, 5.41) is 17.2. The van der Waals surface area contributed by atoms with Gasteiger partial charge in [-0.1, -0.05) is 12.1 Å². The van der Waals surface area contributed by atoms with Gasteiger partial charge in [0.1, 0.15) is 17.2 Å². The van der Waals surface area contributed by atoms with Crippen LogP contribution in [0.15, 0.2) is 42.6 Å². The highest BCUT2D eigenvalue weighted by Crippen LogP contribution is 2.39. The highest BCUT2D eigenvalue weighted by atomic mass is 19.4. The number of anilines is 1. The Morgan fingerprint density at radius 3 is 2.32 bits per heavy atom. The third-order valence-corrected chi connectivity index (χ3v) is 4.47. The average Bonchev–Trinajstić information content (AvgIpc) is 3.21. The number of alkyl halides is 3. The summed E-state index contributed by atoms with van der Waals surface area (Å²) in [5.41, 5.74) is -4.09. The zero-order valence-electron chi connectivity index (χ0n) is 17.9. The van der Waals surface area contributed by atoms with Crippen molar-refractivity contribution < 1.29 is 36.8 Å². The van der Waals surface area contributed by atoms with Crippen molar-refractivity contribution in [2.75, 3.05) is 18.5 Å². The van der Waals surface area contributed by atoms with Gasteiger partial charge in [0.2, 0.25) is 0 Å². The maximum atomic E-state index is 14.1. The minimum absolute atomic E-state index is 0.0254. The van der Waals surface area contributed by atoms with Crippen LogP contribution in [0.1, 0.15) is 29.9 Å². The Morgan fingerprint density at radius 1 is 1.15 bits per heavy atom. The molecule has 3 aromatic rings. The number of hydrogen-bond acceptors (Lipinski definition) is 6. The van der Waals surface area contributed by atoms with E-state index in [2.05, 4.69) is 10.4 Å². The SMILES string of the molecule is CCOc1cc(NC(=O)c2cnn(-c3ccccc3F)c2C(F)(F)F)c([N+](=O)[O-])cc1OCC. The molecular formula is C21H18F4N4O5. The molecule has 9 nitrogen and oxygen atoms in total. The van der Waals surface area contributed by atoms with E-state index in [9.17, 15) is 32.5 Å². The topological polar surface area (TPSA) is 109 Å². The summed E-state index contributed by atoms with van der Waals surface area (Å²) in [6.45, 7) is 3.59. The fourth-order valence-electron chi connectivity index (χ4n) is 3.12. The number of benzene rings is 2. The van der Waals surface area contributed by atoms with Crippen LogP contribution in [0.4, 0.5) is 28.9 Å². The molecule has 2 aromatic carbocycles. The lowest BCUT2D eigenvalue weighted by molar-refractivity contribution is -0.384. The number of para-hydroxylation sites is 1. The van der Waals surface area contributed by atoms with Gasteiger partial charge in [-0.15, -0.1) is 0 Å². The third kappa shape index (κ3) is 4.92. The smallest absolute Gasteiger partial charge is 0.434 e. The summed E-state index contributed by atoms with van der Waals surface area (Å²) in [5.74, 6) is -2.27. The van der Waals surface area contributed by atoms with Gasteiger partial charge >= 0.3 is 6.18 Å². The van der Waals surface area contributed by atoms with E-state index in [0.717, 1.165) is 24.3 Å². The van der Waals surface area contributed by atoms with Crippen molar-refractivity contribution in [1.82, 2.24) is 9.78 Å². The van der Waals surface area contributed by atoms with Gasteiger partial charge in [-0.05, 0) is 26.0 Å². The summed E-state index contributed by atoms with van der Waals surface area (Å²) in [6, 6.07) is 6.67. The van der Waals surface area contributed by atoms with Crippen molar-refractivity contribution in [3.8, 4) is 17.2 Å². The van der Waals surface area contributed by atoms with E-state index in [1.807, 2.05) is 0 Å². The van der Waals surface area contributed by atoms with Gasteiger partial charge in [-0.25, -0.2) is 9.07 Å². The number of nitro groups is 1. The molecule has 13 heteroatoms. The average molecular weight is 482 g/mol. The first kappa shape index (κ1) is 24.5. The first-order chi connectivity index (χ1) is 16.1. The van der Waals surface area contributed by atoms with E-state index in [1.165, 1.54) is 12.1 Å². The molecule has 0 bridgehead atoms. The molecule has 0 saturated carbocycles. The molecule has 1 heterocycles. The lowest BCUT2D eigenvalue weighted by atomic mass is 10.2. The normalized spacial score (nSPS) is 11.2. The number of halogens is 4. The Kier molecular flexibility index (Phi) is 7.03. The minimum Gasteiger partial charge on any atom is -0.490 e. The van der Waals surface area contributed by atoms with Gasteiger partial charge in [-0.3, -0.25) is 14.9 Å². The standard InChI is InChI=1S/C21H18F4N4O5/c1-3-33-17-9-14(16(29(31)32)10-18(17)34-4-2)27-20(30)12-11-26-28(19(12)21(23,24)25)15-8-6-5-7-13(15)22/h5-11H,3-4H2,1-2H3,(H,27,30). The van der Waals surface area contributed by atoms with Crippen molar-refractivity contribution in [2.24, 2.45) is 0 Å². The van der Waals surface area contributed by atoms with E-state index >= 15 is 0 Å². The maximum absolute atomic E-state index is 14.1. The first-order valence-corrected chi connectivity index (χ1v) is 9.87. The number of carbonyl (C=O) groups is 1. The van der Waals surface area contributed by atoms with E-state index in [4.69, 9.17) is 9.47 Å². The second-order valence-corrected chi connectivity index (χ2v) is 6.66. The molecular weight excluding hydrogens is 464 g/mol. The van der Waals surface area contributed by atoms with Crippen LogP contribution in [0.5, 0.6) is 11.5 Å². The van der Waals surface area contributed by atoms with Crippen LogP contribution in [0.25, 0.3) is 5.69 Å². The Balaban J connectivity index is 2.09. The number of nitro benzene ring substituents is 1. The number of nitrogens with zero attached hydrogens (tertiary/aromatic N) is 3. The molecule has 0 spiro atoms. The van der Waals surface area contributed by atoms with Crippen LogP contribution in [-0.4, -0.2) is 33.8 Å². The Hall–Kier alpha value is -4.16. The van der Waals surface area contributed by atoms with Crippen LogP contribution in [0.3, 0.4) is 0 Å². The van der Waals surface area contributed by atoms with Gasteiger partial charge in [0.25, 0.3) is 11.6 Å². The summed E-state index contributed by atoms with van der Waals surface area (Å²) in [4.78, 5) is 23.5. The van der Waals surface area contributed by atoms with E-state index < -0.39 is 51.1 Å². The van der Waals surface area contributed by atoms with E-state index in [1.54, 1.807) is 13.8 Å². The van der Waals surface area contributed by atoms with Crippen LogP contribution in [0.2, 0.25) is 0 Å². The summed E-state index contributed by atoms with van der Waals surface area (Å²) in [6.07, 6.45) is -4.50. The molecule has 0 aliphatic heterocycles. The Bertz CT molecular complexity index is 1230. The van der Waals surface area contributed by atoms with Crippen molar-refractivity contribution in [3.63, 3.8) is 0 Å². The van der Waals surface area contributed by atoms with E-state index in [0.29, 0.717) is 6.20 Å². The van der Waals surface area contributed by atoms with Crippen molar-refractivity contribution in [3.05, 3.63) is 69.8 Å². The molecule has 1 amide bonds. The fraction of sp³-hybridized carbons (Fsp3) is 0.238. The Labute approximate surface area is 190 Å². The van der Waals surface area contributed by atoms with Gasteiger partial charge in [-0.2, -0.15) is 18.3 Å². The highest BCUT2D eigenvalue weighted by Gasteiger charge is 2.41. The predicted octanol–water partition coefficient (Wildman–Crippen LogP) is 4.99. The summed E-state index contributed by atoms with van der Waals surface area (Å²) in [7, 11) is 0. The molecule has 180 valence electrons. The molecule has 1 aromatic heterocycles. The molecule has 3 rings (SSSR count). The molecule has 1 N–H and O–H groups in total. The lowest BCUT2D eigenvalue weighted by Crippen LogP contribution is -2.21. The lowest BCUT2D eigenvalue weighted by Gasteiger charge is -2.15. The number of nitrogens with one attached hydrogen (secondary N) is 1. The number of amides is 1. The first-order valence-electron chi connectivity index (χ1n) is 9.87. The Morgan fingerprint density at radius 2 is 1.76 bits per heavy atom. The van der Waals surface area contributed by atoms with Gasteiger partial charge < -0.3 is 14.8 Å². The number of aromatic nitrogens is 2. The number of rotatable bonds is 8. The zero-order valence-corrected chi connectivity index (χ0v) is 17.9. The van der Waals surface area contributed by atoms with Crippen molar-refractivity contribution in [2.45, 2.75) is 20.0 Å². The third-order valence-electron chi connectivity index (χ3n) is 4.47. The number of hydrogen-bond donors (Lipinski definition) is 1. The fourth-order valence-corrected chi connectivity index (χ4v) is 3.12. The molecule has 0 radical (unpaired) electrons. The van der Waals surface area contributed by atoms with Crippen LogP contribution < -0.4 is 14.8 Å². The molecule has 34 heavy (non-hydrogen) atoms. The largest absolute Gasteiger partial charge is 0.490 e. The van der Waals surface area contributed by atoms with Crippen LogP contribution >= 0.6 is 0 Å². The number of carbonyl (C=O) groups excluding carboxylic acids is 1. The molecule has 0 fully saturated rings. The molecule has 0 saturated heterocycles. The minimum atomic E-state index is -5.10. The van der Waals surface area contributed by atoms with Crippen molar-refractivity contribution >= 4 is 17.3 Å². The van der Waals surface area contributed by atoms with Crippen molar-refractivity contribution in [1.29, 1.82) is 0 Å². The second-order valence-electron chi connectivity index (χ2n) is 6.66. The summed E-state index contributed by atoms with van der Waals surface area (Å²) < 4.78 is 66.6. The van der Waals surface area contributed by atoms with Crippen LogP contribution in [0, 0.1) is 15.9 Å². The molecule has 0 unspecified atom stereocenters. The maximum Gasteiger partial charge on any atom is 0.434 e. The predicted molar refractivity (Wildman–Crippen MR) is 112 cm³/mol. The number of ether oxygens (including phenoxy) is 2. The van der Waals surface area contributed by atoms with Gasteiger partial charge in [0.15, 0.2) is 17.2 Å². The van der Waals surface area contributed by atoms with E-state index in [-0.39, 0.29) is 29.4 Å².